The highest BCUT2D eigenvalue weighted by atomic mass is 16.5. The summed E-state index contributed by atoms with van der Waals surface area (Å²) in [5, 5.41) is 23.7. The summed E-state index contributed by atoms with van der Waals surface area (Å²) in [7, 11) is 0. The molecule has 0 bridgehead atoms. The summed E-state index contributed by atoms with van der Waals surface area (Å²) in [6.45, 7) is 6.21. The van der Waals surface area contributed by atoms with E-state index in [1.54, 1.807) is 0 Å². The van der Waals surface area contributed by atoms with Crippen LogP contribution in [-0.2, 0) is 14.3 Å². The third kappa shape index (κ3) is 39.9. The van der Waals surface area contributed by atoms with E-state index in [1.807, 2.05) is 30.4 Å². The van der Waals surface area contributed by atoms with Gasteiger partial charge in [-0.1, -0.05) is 203 Å². The average Bonchev–Trinajstić information content (AvgIpc) is 3.20. The van der Waals surface area contributed by atoms with Crippen molar-refractivity contribution in [2.45, 2.75) is 232 Å². The third-order valence-corrected chi connectivity index (χ3v) is 10.4. The second-order valence-corrected chi connectivity index (χ2v) is 15.8. The van der Waals surface area contributed by atoms with E-state index in [0.717, 1.165) is 96.3 Å². The quantitative estimate of drug-likeness (QED) is 0.0248. The number of nitrogens with one attached hydrogen (secondary N) is 1. The van der Waals surface area contributed by atoms with Crippen LogP contribution in [0.3, 0.4) is 0 Å². The molecule has 328 valence electrons. The van der Waals surface area contributed by atoms with Crippen molar-refractivity contribution in [3.8, 4) is 0 Å². The topological polar surface area (TPSA) is 95.9 Å². The van der Waals surface area contributed by atoms with Crippen molar-refractivity contribution in [2.75, 3.05) is 6.61 Å². The van der Waals surface area contributed by atoms with Crippen LogP contribution in [0.5, 0.6) is 0 Å². The van der Waals surface area contributed by atoms with Gasteiger partial charge in [0.15, 0.2) is 0 Å². The van der Waals surface area contributed by atoms with Crippen LogP contribution in [0.15, 0.2) is 72.9 Å². The Labute approximate surface area is 351 Å². The van der Waals surface area contributed by atoms with Gasteiger partial charge in [0.05, 0.1) is 25.2 Å². The van der Waals surface area contributed by atoms with E-state index < -0.39 is 18.2 Å². The number of carbonyl (C=O) groups is 2. The smallest absolute Gasteiger partial charge is 0.306 e. The molecule has 0 aliphatic rings. The molecule has 0 aliphatic heterocycles. The molecule has 1 amide bonds. The average molecular weight is 796 g/mol. The first-order valence-electron chi connectivity index (χ1n) is 23.7. The van der Waals surface area contributed by atoms with Gasteiger partial charge < -0.3 is 20.3 Å². The Morgan fingerprint density at radius 2 is 1.04 bits per heavy atom. The predicted octanol–water partition coefficient (Wildman–Crippen LogP) is 13.8. The van der Waals surface area contributed by atoms with Gasteiger partial charge in [0.25, 0.3) is 0 Å². The van der Waals surface area contributed by atoms with Crippen LogP contribution in [0.2, 0.25) is 0 Å². The largest absolute Gasteiger partial charge is 0.462 e. The van der Waals surface area contributed by atoms with Crippen molar-refractivity contribution in [3.63, 3.8) is 0 Å². The van der Waals surface area contributed by atoms with Crippen molar-refractivity contribution < 1.29 is 24.5 Å². The van der Waals surface area contributed by atoms with Crippen LogP contribution in [0, 0.1) is 0 Å². The summed E-state index contributed by atoms with van der Waals surface area (Å²) in [5.41, 5.74) is 0. The van der Waals surface area contributed by atoms with E-state index in [2.05, 4.69) is 68.6 Å². The van der Waals surface area contributed by atoms with E-state index in [0.29, 0.717) is 19.3 Å². The van der Waals surface area contributed by atoms with Crippen LogP contribution in [0.25, 0.3) is 0 Å². The van der Waals surface area contributed by atoms with Gasteiger partial charge >= 0.3 is 5.97 Å². The van der Waals surface area contributed by atoms with Gasteiger partial charge in [0.1, 0.15) is 6.10 Å². The molecule has 0 aromatic heterocycles. The van der Waals surface area contributed by atoms with E-state index in [-0.39, 0.29) is 24.9 Å². The van der Waals surface area contributed by atoms with Crippen molar-refractivity contribution >= 4 is 11.9 Å². The van der Waals surface area contributed by atoms with Crippen LogP contribution in [-0.4, -0.2) is 46.9 Å². The van der Waals surface area contributed by atoms with E-state index in [9.17, 15) is 19.8 Å². The highest BCUT2D eigenvalue weighted by Gasteiger charge is 2.24. The summed E-state index contributed by atoms with van der Waals surface area (Å²) < 4.78 is 5.88. The Bertz CT molecular complexity index is 1070. The van der Waals surface area contributed by atoms with Gasteiger partial charge in [-0.3, -0.25) is 9.59 Å². The first kappa shape index (κ1) is 54.3. The van der Waals surface area contributed by atoms with Gasteiger partial charge in [0.2, 0.25) is 5.91 Å². The van der Waals surface area contributed by atoms with Crippen LogP contribution < -0.4 is 5.32 Å². The molecule has 0 heterocycles. The monoisotopic (exact) mass is 796 g/mol. The molecule has 3 atom stereocenters. The van der Waals surface area contributed by atoms with Crippen molar-refractivity contribution in [1.29, 1.82) is 0 Å². The van der Waals surface area contributed by atoms with E-state index in [1.165, 1.54) is 70.6 Å². The summed E-state index contributed by atoms with van der Waals surface area (Å²) in [6.07, 6.45) is 55.3. The normalized spacial score (nSPS) is 14.0. The first-order valence-corrected chi connectivity index (χ1v) is 23.7. The lowest BCUT2D eigenvalue weighted by atomic mass is 10.0. The number of carbonyl (C=O) groups excluding carboxylic acids is 2. The number of allylic oxidation sites excluding steroid dienone is 12. The zero-order chi connectivity index (χ0) is 41.7. The molecule has 0 aromatic carbocycles. The van der Waals surface area contributed by atoms with Gasteiger partial charge in [-0.05, 0) is 70.6 Å². The number of ether oxygens (including phenoxy) is 1. The number of esters is 1. The molecule has 0 fully saturated rings. The molecule has 3 unspecified atom stereocenters. The number of unbranched alkanes of at least 4 members (excludes halogenated alkanes) is 20. The molecule has 6 heteroatoms. The maximum absolute atomic E-state index is 13.1. The summed E-state index contributed by atoms with van der Waals surface area (Å²) in [5.74, 6) is -0.539. The number of hydrogen-bond acceptors (Lipinski definition) is 5. The number of aliphatic hydroxyl groups excluding tert-OH is 2. The molecule has 0 spiro atoms. The zero-order valence-corrected chi connectivity index (χ0v) is 37.2. The predicted molar refractivity (Wildman–Crippen MR) is 245 cm³/mol. The van der Waals surface area contributed by atoms with E-state index in [4.69, 9.17) is 4.74 Å². The van der Waals surface area contributed by atoms with Crippen LogP contribution in [0.1, 0.15) is 213 Å². The fourth-order valence-corrected chi connectivity index (χ4v) is 6.83. The standard InChI is InChI=1S/C51H89NO5/c1-4-7-10-13-16-19-22-25-28-31-34-37-40-43-49(54)48(46-53)52-50(55)45-47(42-39-36-33-30-27-24-21-18-15-12-9-6-3)57-51(56)44-41-38-35-32-29-26-23-20-17-14-11-8-5-2/h8-9,11-12,14,17-18,20-21,23,26,29,47-49,53-54H,4-7,10,13,15-16,19,22,24-25,27-28,30-46H2,1-3H3,(H,52,55)/b11-8+,12-9+,17-14+,21-18+,23-20-,29-26-. The fourth-order valence-electron chi connectivity index (χ4n) is 6.83. The molecule has 0 saturated carbocycles. The van der Waals surface area contributed by atoms with Gasteiger partial charge in [-0.15, -0.1) is 0 Å². The minimum atomic E-state index is -0.800. The second-order valence-electron chi connectivity index (χ2n) is 15.8. The van der Waals surface area contributed by atoms with Crippen molar-refractivity contribution in [3.05, 3.63) is 72.9 Å². The van der Waals surface area contributed by atoms with Crippen molar-refractivity contribution in [1.82, 2.24) is 5.32 Å². The molecular formula is C51H89NO5. The molecule has 0 aliphatic carbocycles. The third-order valence-electron chi connectivity index (χ3n) is 10.4. The van der Waals surface area contributed by atoms with Gasteiger partial charge in [-0.2, -0.15) is 0 Å². The lowest BCUT2D eigenvalue weighted by Crippen LogP contribution is -2.46. The first-order chi connectivity index (χ1) is 28.0. The number of amides is 1. The maximum atomic E-state index is 13.1. The highest BCUT2D eigenvalue weighted by molar-refractivity contribution is 5.77. The number of hydrogen-bond donors (Lipinski definition) is 3. The van der Waals surface area contributed by atoms with Crippen LogP contribution in [0.4, 0.5) is 0 Å². The zero-order valence-electron chi connectivity index (χ0n) is 37.2. The molecule has 3 N–H and O–H groups in total. The number of rotatable bonds is 41. The number of aliphatic hydroxyl groups is 2. The lowest BCUT2D eigenvalue weighted by Gasteiger charge is -2.24. The summed E-state index contributed by atoms with van der Waals surface area (Å²) in [6, 6.07) is -0.716. The lowest BCUT2D eigenvalue weighted by molar-refractivity contribution is -0.151. The SMILES string of the molecule is CC/C=C/C=C/C=C\C=C/CCCCCC(=O)OC(CCCCCCC/C=C/C/C=C/CC)CC(=O)NC(CO)C(O)CCCCCCCCCCCCCCC. The molecule has 0 radical (unpaired) electrons. The Hall–Kier alpha value is -2.70. The molecule has 0 aromatic rings. The van der Waals surface area contributed by atoms with E-state index >= 15 is 0 Å². The highest BCUT2D eigenvalue weighted by Crippen LogP contribution is 2.17. The van der Waals surface area contributed by atoms with Crippen LogP contribution >= 0.6 is 0 Å². The molecule has 57 heavy (non-hydrogen) atoms. The summed E-state index contributed by atoms with van der Waals surface area (Å²) in [4.78, 5) is 26.0. The second kappa shape index (κ2) is 44.4. The molecule has 6 nitrogen and oxygen atoms in total. The Morgan fingerprint density at radius 3 is 1.63 bits per heavy atom. The maximum Gasteiger partial charge on any atom is 0.306 e. The summed E-state index contributed by atoms with van der Waals surface area (Å²) >= 11 is 0. The minimum absolute atomic E-state index is 0.0490. The van der Waals surface area contributed by atoms with Gasteiger partial charge in [-0.25, -0.2) is 0 Å². The molecule has 0 saturated heterocycles. The Kier molecular flexibility index (Phi) is 42.3. The molecular weight excluding hydrogens is 707 g/mol. The fraction of sp³-hybridized carbons (Fsp3) is 0.725. The van der Waals surface area contributed by atoms with Gasteiger partial charge in [0, 0.05) is 6.42 Å². The molecule has 0 rings (SSSR count). The Morgan fingerprint density at radius 1 is 0.544 bits per heavy atom. The van der Waals surface area contributed by atoms with Crippen molar-refractivity contribution in [2.24, 2.45) is 0 Å². The Balaban J connectivity index is 4.66. The minimum Gasteiger partial charge on any atom is -0.462 e.